The van der Waals surface area contributed by atoms with Crippen LogP contribution in [0.2, 0.25) is 0 Å². The molecule has 0 unspecified atom stereocenters. The number of hydrogen-bond donors (Lipinski definition) is 0. The summed E-state index contributed by atoms with van der Waals surface area (Å²) in [5.74, 6) is 1.00. The molecular formula is C17H14F3N3O. The smallest absolute Gasteiger partial charge is 0.417 e. The predicted molar refractivity (Wildman–Crippen MR) is 83.4 cm³/mol. The Kier molecular flexibility index (Phi) is 4.01. The summed E-state index contributed by atoms with van der Waals surface area (Å²) in [6.45, 7) is 0. The lowest BCUT2D eigenvalue weighted by atomic mass is 10.1. The van der Waals surface area contributed by atoms with E-state index in [-0.39, 0.29) is 11.4 Å². The number of rotatable bonds is 3. The first-order valence-electron chi connectivity index (χ1n) is 7.13. The van der Waals surface area contributed by atoms with Crippen LogP contribution in [0.25, 0.3) is 22.8 Å². The molecule has 1 aromatic heterocycles. The van der Waals surface area contributed by atoms with Crippen LogP contribution in [0.1, 0.15) is 5.56 Å². The third kappa shape index (κ3) is 2.84. The summed E-state index contributed by atoms with van der Waals surface area (Å²) >= 11 is 0. The highest BCUT2D eigenvalue weighted by atomic mass is 19.4. The lowest BCUT2D eigenvalue weighted by molar-refractivity contribution is -0.137. The summed E-state index contributed by atoms with van der Waals surface area (Å²) in [7, 11) is 3.08. The van der Waals surface area contributed by atoms with Crippen LogP contribution in [-0.2, 0) is 13.2 Å². The molecule has 1 heterocycles. The van der Waals surface area contributed by atoms with Crippen molar-refractivity contribution in [3.8, 4) is 28.5 Å². The molecule has 0 N–H and O–H groups in total. The molecule has 0 aliphatic carbocycles. The normalized spacial score (nSPS) is 11.5. The van der Waals surface area contributed by atoms with Gasteiger partial charge in [-0.1, -0.05) is 30.3 Å². The summed E-state index contributed by atoms with van der Waals surface area (Å²) in [5.41, 5.74) is -0.139. The first-order chi connectivity index (χ1) is 11.4. The van der Waals surface area contributed by atoms with Gasteiger partial charge in [-0.05, 0) is 18.2 Å². The maximum absolute atomic E-state index is 13.2. The Labute approximate surface area is 136 Å². The van der Waals surface area contributed by atoms with Crippen molar-refractivity contribution in [2.24, 2.45) is 7.05 Å². The first-order valence-corrected chi connectivity index (χ1v) is 7.13. The molecule has 0 radical (unpaired) electrons. The highest BCUT2D eigenvalue weighted by Gasteiger charge is 2.34. The highest BCUT2D eigenvalue weighted by Crippen LogP contribution is 2.37. The molecule has 0 spiro atoms. The summed E-state index contributed by atoms with van der Waals surface area (Å²) in [6.07, 6.45) is -4.47. The van der Waals surface area contributed by atoms with Crippen molar-refractivity contribution in [2.45, 2.75) is 6.18 Å². The molecule has 3 aromatic rings. The minimum Gasteiger partial charge on any atom is -0.496 e. The Bertz CT molecular complexity index is 872. The van der Waals surface area contributed by atoms with Crippen molar-refractivity contribution >= 4 is 0 Å². The number of para-hydroxylation sites is 1. The number of benzene rings is 2. The highest BCUT2D eigenvalue weighted by molar-refractivity contribution is 5.68. The molecule has 3 rings (SSSR count). The standard InChI is InChI=1S/C17H14F3N3O/c1-23-16(11-7-3-5-9-13(11)17(18,19)20)21-15(22-23)12-8-4-6-10-14(12)24-2/h3-10H,1-2H3. The van der Waals surface area contributed by atoms with Crippen LogP contribution >= 0.6 is 0 Å². The van der Waals surface area contributed by atoms with Crippen LogP contribution in [0.5, 0.6) is 5.75 Å². The van der Waals surface area contributed by atoms with E-state index in [4.69, 9.17) is 4.74 Å². The van der Waals surface area contributed by atoms with Gasteiger partial charge in [-0.15, -0.1) is 0 Å². The van der Waals surface area contributed by atoms with Gasteiger partial charge in [0.2, 0.25) is 0 Å². The molecular weight excluding hydrogens is 319 g/mol. The number of ether oxygens (including phenoxy) is 1. The Balaban J connectivity index is 2.15. The molecule has 0 saturated carbocycles. The second-order valence-electron chi connectivity index (χ2n) is 5.13. The fourth-order valence-electron chi connectivity index (χ4n) is 2.49. The lowest BCUT2D eigenvalue weighted by Crippen LogP contribution is -2.08. The van der Waals surface area contributed by atoms with Crippen LogP contribution < -0.4 is 4.74 Å². The van der Waals surface area contributed by atoms with E-state index in [1.54, 1.807) is 37.4 Å². The summed E-state index contributed by atoms with van der Waals surface area (Å²) in [5, 5.41) is 4.25. The molecule has 0 atom stereocenters. The van der Waals surface area contributed by atoms with E-state index in [0.717, 1.165) is 6.07 Å². The van der Waals surface area contributed by atoms with E-state index in [9.17, 15) is 13.2 Å². The number of halogens is 3. The summed E-state index contributed by atoms with van der Waals surface area (Å²) in [4.78, 5) is 4.30. The number of nitrogens with zero attached hydrogens (tertiary/aromatic N) is 3. The third-order valence-electron chi connectivity index (χ3n) is 3.58. The van der Waals surface area contributed by atoms with E-state index in [0.29, 0.717) is 17.1 Å². The Morgan fingerprint density at radius 3 is 2.25 bits per heavy atom. The van der Waals surface area contributed by atoms with Gasteiger partial charge >= 0.3 is 6.18 Å². The van der Waals surface area contributed by atoms with Gasteiger partial charge in [0.05, 0.1) is 18.2 Å². The van der Waals surface area contributed by atoms with Crippen molar-refractivity contribution < 1.29 is 17.9 Å². The molecule has 0 saturated heterocycles. The van der Waals surface area contributed by atoms with Crippen molar-refractivity contribution in [1.29, 1.82) is 0 Å². The fraction of sp³-hybridized carbons (Fsp3) is 0.176. The molecule has 0 aliphatic rings. The van der Waals surface area contributed by atoms with E-state index in [2.05, 4.69) is 10.1 Å². The molecule has 7 heteroatoms. The number of aromatic nitrogens is 3. The zero-order chi connectivity index (χ0) is 17.3. The third-order valence-corrected chi connectivity index (χ3v) is 3.58. The van der Waals surface area contributed by atoms with Gasteiger partial charge in [-0.25, -0.2) is 9.67 Å². The molecule has 4 nitrogen and oxygen atoms in total. The Morgan fingerprint density at radius 2 is 1.58 bits per heavy atom. The van der Waals surface area contributed by atoms with Gasteiger partial charge in [-0.3, -0.25) is 0 Å². The van der Waals surface area contributed by atoms with E-state index in [1.807, 2.05) is 0 Å². The van der Waals surface area contributed by atoms with Crippen LogP contribution in [0, 0.1) is 0 Å². The summed E-state index contributed by atoms with van der Waals surface area (Å²) in [6, 6.07) is 12.4. The number of alkyl halides is 3. The minimum atomic E-state index is -4.47. The van der Waals surface area contributed by atoms with Crippen molar-refractivity contribution in [2.75, 3.05) is 7.11 Å². The Hall–Kier alpha value is -2.83. The van der Waals surface area contributed by atoms with Crippen LogP contribution in [0.4, 0.5) is 13.2 Å². The van der Waals surface area contributed by atoms with Gasteiger partial charge in [0.1, 0.15) is 5.75 Å². The van der Waals surface area contributed by atoms with Crippen molar-refractivity contribution in [1.82, 2.24) is 14.8 Å². The molecule has 2 aromatic carbocycles. The van der Waals surface area contributed by atoms with Gasteiger partial charge in [0.15, 0.2) is 11.6 Å². The number of aryl methyl sites for hydroxylation is 1. The minimum absolute atomic E-state index is 0.0128. The molecule has 0 fully saturated rings. The topological polar surface area (TPSA) is 39.9 Å². The van der Waals surface area contributed by atoms with E-state index < -0.39 is 11.7 Å². The largest absolute Gasteiger partial charge is 0.496 e. The van der Waals surface area contributed by atoms with Crippen LogP contribution in [-0.4, -0.2) is 21.9 Å². The zero-order valence-electron chi connectivity index (χ0n) is 13.0. The van der Waals surface area contributed by atoms with E-state index in [1.165, 1.54) is 23.9 Å². The first kappa shape index (κ1) is 16.0. The predicted octanol–water partition coefficient (Wildman–Crippen LogP) is 4.18. The van der Waals surface area contributed by atoms with Crippen LogP contribution in [0.15, 0.2) is 48.5 Å². The van der Waals surface area contributed by atoms with Crippen LogP contribution in [0.3, 0.4) is 0 Å². The molecule has 0 bridgehead atoms. The molecule has 0 amide bonds. The van der Waals surface area contributed by atoms with Gasteiger partial charge in [0, 0.05) is 12.6 Å². The average molecular weight is 333 g/mol. The van der Waals surface area contributed by atoms with Gasteiger partial charge in [0.25, 0.3) is 0 Å². The Morgan fingerprint density at radius 1 is 0.958 bits per heavy atom. The second-order valence-corrected chi connectivity index (χ2v) is 5.13. The molecule has 24 heavy (non-hydrogen) atoms. The monoisotopic (exact) mass is 333 g/mol. The quantitative estimate of drug-likeness (QED) is 0.722. The molecule has 0 aliphatic heterocycles. The zero-order valence-corrected chi connectivity index (χ0v) is 13.0. The number of methoxy groups -OCH3 is 1. The van der Waals surface area contributed by atoms with Gasteiger partial charge in [-0.2, -0.15) is 18.3 Å². The van der Waals surface area contributed by atoms with Crippen molar-refractivity contribution in [3.63, 3.8) is 0 Å². The fourth-order valence-corrected chi connectivity index (χ4v) is 2.49. The van der Waals surface area contributed by atoms with Gasteiger partial charge < -0.3 is 4.74 Å². The SMILES string of the molecule is COc1ccccc1-c1nc(-c2ccccc2C(F)(F)F)n(C)n1. The second kappa shape index (κ2) is 5.99. The average Bonchev–Trinajstić information content (AvgIpc) is 2.95. The maximum Gasteiger partial charge on any atom is 0.417 e. The summed E-state index contributed by atoms with van der Waals surface area (Å²) < 4.78 is 46.3. The number of hydrogen-bond acceptors (Lipinski definition) is 3. The maximum atomic E-state index is 13.2. The lowest BCUT2D eigenvalue weighted by Gasteiger charge is -2.11. The van der Waals surface area contributed by atoms with Crippen molar-refractivity contribution in [3.05, 3.63) is 54.1 Å². The molecule has 124 valence electrons. The van der Waals surface area contributed by atoms with E-state index >= 15 is 0 Å².